The maximum absolute atomic E-state index is 13.8. The molecule has 0 saturated carbocycles. The Morgan fingerprint density at radius 2 is 2.00 bits per heavy atom. The van der Waals surface area contributed by atoms with Crippen LogP contribution < -0.4 is 10.2 Å². The van der Waals surface area contributed by atoms with Crippen molar-refractivity contribution in [2.75, 3.05) is 19.0 Å². The fourth-order valence-electron chi connectivity index (χ4n) is 3.36. The van der Waals surface area contributed by atoms with Crippen molar-refractivity contribution in [3.8, 4) is 11.3 Å². The molecule has 0 radical (unpaired) electrons. The minimum atomic E-state index is -0.291. The van der Waals surface area contributed by atoms with Crippen LogP contribution in [0.1, 0.15) is 21.6 Å². The third-order valence-corrected chi connectivity index (χ3v) is 5.93. The summed E-state index contributed by atoms with van der Waals surface area (Å²) in [5.41, 5.74) is 4.99. The van der Waals surface area contributed by atoms with Crippen molar-refractivity contribution in [3.05, 3.63) is 65.1 Å². The van der Waals surface area contributed by atoms with E-state index >= 15 is 0 Å². The molecule has 5 nitrogen and oxygen atoms in total. The maximum Gasteiger partial charge on any atom is 0.272 e. The van der Waals surface area contributed by atoms with E-state index in [1.807, 2.05) is 43.3 Å². The van der Waals surface area contributed by atoms with Gasteiger partial charge in [0.1, 0.15) is 5.82 Å². The number of aromatic nitrogens is 2. The van der Waals surface area contributed by atoms with Crippen molar-refractivity contribution in [2.24, 2.45) is 7.05 Å². The first-order chi connectivity index (χ1) is 13.4. The van der Waals surface area contributed by atoms with Crippen molar-refractivity contribution in [1.29, 1.82) is 0 Å². The summed E-state index contributed by atoms with van der Waals surface area (Å²) in [7, 11) is 5.77. The lowest BCUT2D eigenvalue weighted by Crippen LogP contribution is -2.24. The Morgan fingerprint density at radius 1 is 1.25 bits per heavy atom. The normalized spacial score (nSPS) is 12.3. The number of fused-ring (bicyclic) bond motifs is 3. The molecule has 2 aromatic carbocycles. The number of hydrogen-bond donors (Lipinski definition) is 1. The molecule has 0 fully saturated rings. The van der Waals surface area contributed by atoms with E-state index in [-0.39, 0.29) is 11.7 Å². The van der Waals surface area contributed by atoms with Crippen LogP contribution in [0.5, 0.6) is 0 Å². The highest BCUT2D eigenvalue weighted by Gasteiger charge is 2.27. The van der Waals surface area contributed by atoms with Crippen LogP contribution in [0.15, 0.2) is 47.4 Å². The van der Waals surface area contributed by atoms with Crippen molar-refractivity contribution in [1.82, 2.24) is 15.1 Å². The van der Waals surface area contributed by atoms with Crippen LogP contribution in [0.2, 0.25) is 0 Å². The number of nitrogens with zero attached hydrogens (tertiary/aromatic N) is 3. The minimum Gasteiger partial charge on any atom is -0.378 e. The van der Waals surface area contributed by atoms with Gasteiger partial charge in [-0.15, -0.1) is 11.8 Å². The number of benzene rings is 2. The van der Waals surface area contributed by atoms with Crippen LogP contribution in [0.4, 0.5) is 10.1 Å². The summed E-state index contributed by atoms with van der Waals surface area (Å²) in [6.07, 6.45) is 0. The largest absolute Gasteiger partial charge is 0.378 e. The summed E-state index contributed by atoms with van der Waals surface area (Å²) in [4.78, 5) is 15.8. The average Bonchev–Trinajstić information content (AvgIpc) is 3.03. The van der Waals surface area contributed by atoms with E-state index in [1.54, 1.807) is 29.6 Å². The monoisotopic (exact) mass is 396 g/mol. The Bertz CT molecular complexity index is 1040. The van der Waals surface area contributed by atoms with Gasteiger partial charge in [0.25, 0.3) is 5.91 Å². The summed E-state index contributed by atoms with van der Waals surface area (Å²) in [6.45, 7) is 0.427. The number of nitrogens with one attached hydrogen (secondary N) is 1. The number of carbonyl (C=O) groups is 1. The predicted octanol–water partition coefficient (Wildman–Crippen LogP) is 3.83. The third kappa shape index (κ3) is 3.38. The fraction of sp³-hybridized carbons (Fsp3) is 0.238. The number of hydrogen-bond acceptors (Lipinski definition) is 4. The van der Waals surface area contributed by atoms with Crippen LogP contribution in [0.25, 0.3) is 11.3 Å². The van der Waals surface area contributed by atoms with Gasteiger partial charge in [-0.2, -0.15) is 5.10 Å². The van der Waals surface area contributed by atoms with Crippen molar-refractivity contribution >= 4 is 23.4 Å². The van der Waals surface area contributed by atoms with Gasteiger partial charge < -0.3 is 10.2 Å². The molecule has 1 aliphatic heterocycles. The molecule has 0 unspecified atom stereocenters. The van der Waals surface area contributed by atoms with Gasteiger partial charge in [-0.05, 0) is 35.9 Å². The summed E-state index contributed by atoms with van der Waals surface area (Å²) in [5, 5.41) is 7.38. The summed E-state index contributed by atoms with van der Waals surface area (Å²) in [6, 6.07) is 12.8. The zero-order chi connectivity index (χ0) is 19.8. The molecule has 0 spiro atoms. The summed E-state index contributed by atoms with van der Waals surface area (Å²) >= 11 is 1.60. The number of aryl methyl sites for hydroxylation is 1. The van der Waals surface area contributed by atoms with Crippen LogP contribution in [0.3, 0.4) is 0 Å². The first-order valence-electron chi connectivity index (χ1n) is 8.97. The molecule has 1 amide bonds. The van der Waals surface area contributed by atoms with Crippen molar-refractivity contribution in [3.63, 3.8) is 0 Å². The molecule has 2 heterocycles. The highest BCUT2D eigenvalue weighted by atomic mass is 32.2. The van der Waals surface area contributed by atoms with Crippen LogP contribution in [-0.4, -0.2) is 29.8 Å². The van der Waals surface area contributed by atoms with Gasteiger partial charge in [0, 0.05) is 55.2 Å². The smallest absolute Gasteiger partial charge is 0.272 e. The predicted molar refractivity (Wildman–Crippen MR) is 110 cm³/mol. The topological polar surface area (TPSA) is 50.2 Å². The molecule has 144 valence electrons. The number of halogens is 1. The zero-order valence-corrected chi connectivity index (χ0v) is 16.8. The molecule has 0 saturated heterocycles. The Labute approximate surface area is 167 Å². The molecule has 7 heteroatoms. The first-order valence-corrected chi connectivity index (χ1v) is 9.95. The molecule has 0 bridgehead atoms. The number of anilines is 1. The van der Waals surface area contributed by atoms with Crippen LogP contribution in [-0.2, 0) is 19.3 Å². The molecule has 3 aromatic rings. The average molecular weight is 396 g/mol. The van der Waals surface area contributed by atoms with E-state index in [1.165, 1.54) is 12.1 Å². The second-order valence-electron chi connectivity index (χ2n) is 6.97. The van der Waals surface area contributed by atoms with Crippen LogP contribution >= 0.6 is 11.8 Å². The molecule has 1 aromatic heterocycles. The quantitative estimate of drug-likeness (QED) is 0.728. The van der Waals surface area contributed by atoms with E-state index < -0.39 is 0 Å². The minimum absolute atomic E-state index is 0.214. The van der Waals surface area contributed by atoms with Gasteiger partial charge in [0.2, 0.25) is 0 Å². The maximum atomic E-state index is 13.8. The number of amides is 1. The molecule has 0 aliphatic carbocycles. The van der Waals surface area contributed by atoms with Gasteiger partial charge >= 0.3 is 0 Å². The first kappa shape index (κ1) is 18.6. The molecule has 1 aliphatic rings. The second-order valence-corrected chi connectivity index (χ2v) is 7.99. The van der Waals surface area contributed by atoms with Crippen molar-refractivity contribution in [2.45, 2.75) is 17.2 Å². The number of rotatable bonds is 4. The van der Waals surface area contributed by atoms with Gasteiger partial charge in [-0.1, -0.05) is 12.1 Å². The Balaban J connectivity index is 1.56. The Kier molecular flexibility index (Phi) is 4.85. The molecule has 28 heavy (non-hydrogen) atoms. The SMILES string of the molecule is CN(C)c1ccc(CNC(=O)c2nn(C)c3c2CSc2ccc(F)cc2-3)cc1. The molecular formula is C21H21FN4OS. The Hall–Kier alpha value is -2.80. The second kappa shape index (κ2) is 7.31. The van der Waals surface area contributed by atoms with E-state index in [0.29, 0.717) is 18.0 Å². The standard InChI is InChI=1S/C21H21FN4OS/c1-25(2)15-7-4-13(5-8-15)11-23-21(27)19-17-12-28-18-9-6-14(22)10-16(18)20(17)26(3)24-19/h4-10H,11-12H2,1-3H3,(H,23,27). The fourth-order valence-corrected chi connectivity index (χ4v) is 4.41. The highest BCUT2D eigenvalue weighted by Crippen LogP contribution is 2.42. The zero-order valence-electron chi connectivity index (χ0n) is 16.0. The summed E-state index contributed by atoms with van der Waals surface area (Å²) < 4.78 is 15.4. The van der Waals surface area contributed by atoms with Crippen molar-refractivity contribution < 1.29 is 9.18 Å². The Morgan fingerprint density at radius 3 is 2.71 bits per heavy atom. The third-order valence-electron chi connectivity index (χ3n) is 4.83. The van der Waals surface area contributed by atoms with Gasteiger partial charge in [0.05, 0.1) is 5.69 Å². The highest BCUT2D eigenvalue weighted by molar-refractivity contribution is 7.98. The molecular weight excluding hydrogens is 375 g/mol. The van der Waals surface area contributed by atoms with E-state index in [2.05, 4.69) is 10.4 Å². The van der Waals surface area contributed by atoms with Gasteiger partial charge in [0.15, 0.2) is 5.69 Å². The van der Waals surface area contributed by atoms with E-state index in [9.17, 15) is 9.18 Å². The summed E-state index contributed by atoms with van der Waals surface area (Å²) in [5.74, 6) is 0.136. The van der Waals surface area contributed by atoms with Gasteiger partial charge in [-0.3, -0.25) is 9.48 Å². The lowest BCUT2D eigenvalue weighted by Gasteiger charge is -2.17. The van der Waals surface area contributed by atoms with Crippen LogP contribution in [0, 0.1) is 5.82 Å². The van der Waals surface area contributed by atoms with E-state index in [0.717, 1.165) is 33.0 Å². The number of thioether (sulfide) groups is 1. The van der Waals surface area contributed by atoms with E-state index in [4.69, 9.17) is 0 Å². The molecule has 4 rings (SSSR count). The molecule has 1 N–H and O–H groups in total. The number of carbonyl (C=O) groups excluding carboxylic acids is 1. The lowest BCUT2D eigenvalue weighted by atomic mass is 10.1. The molecule has 0 atom stereocenters. The lowest BCUT2D eigenvalue weighted by molar-refractivity contribution is 0.0944. The van der Waals surface area contributed by atoms with Gasteiger partial charge in [-0.25, -0.2) is 4.39 Å².